The van der Waals surface area contributed by atoms with E-state index in [-0.39, 0.29) is 17.7 Å². The van der Waals surface area contributed by atoms with E-state index in [4.69, 9.17) is 5.11 Å². The van der Waals surface area contributed by atoms with Gasteiger partial charge in [0.2, 0.25) is 5.91 Å². The molecule has 2 rings (SSSR count). The van der Waals surface area contributed by atoms with Gasteiger partial charge in [0.25, 0.3) is 0 Å². The number of rotatable bonds is 3. The van der Waals surface area contributed by atoms with Crippen LogP contribution < -0.4 is 5.32 Å². The summed E-state index contributed by atoms with van der Waals surface area (Å²) in [5.74, 6) is -1.44. The van der Waals surface area contributed by atoms with Crippen molar-refractivity contribution >= 4 is 33.5 Å². The van der Waals surface area contributed by atoms with Gasteiger partial charge >= 0.3 is 5.97 Å². The average Bonchev–Trinajstić information content (AvgIpc) is 2.83. The lowest BCUT2D eigenvalue weighted by atomic mass is 10.0. The van der Waals surface area contributed by atoms with Crippen LogP contribution >= 0.6 is 15.9 Å². The molecule has 0 heterocycles. The first kappa shape index (κ1) is 15.0. The third kappa shape index (κ3) is 3.20. The molecule has 0 aliphatic heterocycles. The summed E-state index contributed by atoms with van der Waals surface area (Å²) in [6, 6.07) is 3.91. The molecule has 1 aromatic carbocycles. The smallest absolute Gasteiger partial charge is 0.306 e. The first-order valence-corrected chi connectivity index (χ1v) is 7.48. The lowest BCUT2D eigenvalue weighted by Crippen LogP contribution is -2.22. The van der Waals surface area contributed by atoms with Crippen LogP contribution in [0.4, 0.5) is 5.69 Å². The molecule has 1 aliphatic rings. The molecule has 1 saturated carbocycles. The van der Waals surface area contributed by atoms with Gasteiger partial charge in [-0.05, 0) is 56.4 Å². The van der Waals surface area contributed by atoms with Crippen LogP contribution in [0.2, 0.25) is 0 Å². The van der Waals surface area contributed by atoms with Crippen LogP contribution in [0.3, 0.4) is 0 Å². The van der Waals surface area contributed by atoms with Crippen LogP contribution in [0.1, 0.15) is 30.4 Å². The van der Waals surface area contributed by atoms with Crippen molar-refractivity contribution in [3.8, 4) is 0 Å². The predicted octanol–water partition coefficient (Wildman–Crippen LogP) is 3.51. The zero-order chi connectivity index (χ0) is 14.9. The fraction of sp³-hybridized carbons (Fsp3) is 0.467. The number of carboxylic acid groups (broad SMARTS) is 1. The number of carboxylic acids is 1. The van der Waals surface area contributed by atoms with E-state index < -0.39 is 5.97 Å². The third-order valence-corrected chi connectivity index (χ3v) is 4.36. The zero-order valence-corrected chi connectivity index (χ0v) is 13.2. The summed E-state index contributed by atoms with van der Waals surface area (Å²) < 4.78 is 0.984. The number of amides is 1. The summed E-state index contributed by atoms with van der Waals surface area (Å²) in [6.45, 7) is 3.89. The molecule has 2 N–H and O–H groups in total. The van der Waals surface area contributed by atoms with Crippen molar-refractivity contribution in [1.29, 1.82) is 0 Å². The predicted molar refractivity (Wildman–Crippen MR) is 80.7 cm³/mol. The maximum Gasteiger partial charge on any atom is 0.306 e. The molecule has 20 heavy (non-hydrogen) atoms. The van der Waals surface area contributed by atoms with Crippen LogP contribution in [-0.4, -0.2) is 17.0 Å². The van der Waals surface area contributed by atoms with Gasteiger partial charge in [-0.25, -0.2) is 0 Å². The Labute approximate surface area is 126 Å². The summed E-state index contributed by atoms with van der Waals surface area (Å²) >= 11 is 3.43. The topological polar surface area (TPSA) is 66.4 Å². The normalized spacial score (nSPS) is 21.8. The van der Waals surface area contributed by atoms with Gasteiger partial charge in [0, 0.05) is 16.1 Å². The van der Waals surface area contributed by atoms with E-state index in [2.05, 4.69) is 21.2 Å². The second-order valence-electron chi connectivity index (χ2n) is 5.45. The Kier molecular flexibility index (Phi) is 4.48. The molecule has 1 aliphatic carbocycles. The highest BCUT2D eigenvalue weighted by molar-refractivity contribution is 9.10. The quantitative estimate of drug-likeness (QED) is 0.885. The molecule has 5 heteroatoms. The van der Waals surface area contributed by atoms with Crippen molar-refractivity contribution in [1.82, 2.24) is 0 Å². The van der Waals surface area contributed by atoms with Gasteiger partial charge in [0.1, 0.15) is 0 Å². The van der Waals surface area contributed by atoms with Gasteiger partial charge in [0.05, 0.1) is 5.92 Å². The monoisotopic (exact) mass is 339 g/mol. The summed E-state index contributed by atoms with van der Waals surface area (Å²) in [5.41, 5.74) is 2.83. The highest BCUT2D eigenvalue weighted by atomic mass is 79.9. The van der Waals surface area contributed by atoms with Gasteiger partial charge in [-0.3, -0.25) is 9.59 Å². The SMILES string of the molecule is Cc1cc(Br)cc(C)c1NC(=O)C1CCC(C(=O)O)C1. The standard InChI is InChI=1S/C15H18BrNO3/c1-8-5-12(16)6-9(2)13(8)17-14(18)10-3-4-11(7-10)15(19)20/h5-6,10-11H,3-4,7H2,1-2H3,(H,17,18)(H,19,20). The van der Waals surface area contributed by atoms with Crippen LogP contribution in [0, 0.1) is 25.7 Å². The second kappa shape index (κ2) is 5.95. The van der Waals surface area contributed by atoms with E-state index >= 15 is 0 Å². The largest absolute Gasteiger partial charge is 0.481 e. The molecule has 0 aromatic heterocycles. The summed E-state index contributed by atoms with van der Waals surface area (Å²) in [6.07, 6.45) is 1.68. The van der Waals surface area contributed by atoms with Crippen LogP contribution in [0.25, 0.3) is 0 Å². The van der Waals surface area contributed by atoms with Crippen LogP contribution in [0.5, 0.6) is 0 Å². The molecule has 2 unspecified atom stereocenters. The van der Waals surface area contributed by atoms with Crippen molar-refractivity contribution < 1.29 is 14.7 Å². The number of anilines is 1. The molecule has 0 saturated heterocycles. The van der Waals surface area contributed by atoms with E-state index in [1.807, 2.05) is 26.0 Å². The van der Waals surface area contributed by atoms with Gasteiger partial charge in [0.15, 0.2) is 0 Å². The second-order valence-corrected chi connectivity index (χ2v) is 6.36. The molecule has 1 aromatic rings. The molecule has 0 radical (unpaired) electrons. The highest BCUT2D eigenvalue weighted by Crippen LogP contribution is 2.33. The highest BCUT2D eigenvalue weighted by Gasteiger charge is 2.34. The zero-order valence-electron chi connectivity index (χ0n) is 11.6. The maximum atomic E-state index is 12.3. The molecule has 1 amide bonds. The van der Waals surface area contributed by atoms with Gasteiger partial charge in [-0.15, -0.1) is 0 Å². The van der Waals surface area contributed by atoms with E-state index in [0.717, 1.165) is 21.3 Å². The number of aliphatic carboxylic acids is 1. The van der Waals surface area contributed by atoms with E-state index in [1.54, 1.807) is 0 Å². The lowest BCUT2D eigenvalue weighted by Gasteiger charge is -2.15. The number of benzene rings is 1. The molecule has 4 nitrogen and oxygen atoms in total. The van der Waals surface area contributed by atoms with Gasteiger partial charge in [-0.2, -0.15) is 0 Å². The molecule has 0 spiro atoms. The third-order valence-electron chi connectivity index (χ3n) is 3.90. The summed E-state index contributed by atoms with van der Waals surface area (Å²) in [4.78, 5) is 23.2. The molecule has 0 bridgehead atoms. The molecule has 1 fully saturated rings. The number of carbonyl (C=O) groups is 2. The lowest BCUT2D eigenvalue weighted by molar-refractivity contribution is -0.141. The fourth-order valence-corrected chi connectivity index (χ4v) is 3.46. The Hall–Kier alpha value is -1.36. The number of hydrogen-bond donors (Lipinski definition) is 2. The summed E-state index contributed by atoms with van der Waals surface area (Å²) in [5, 5.41) is 11.9. The first-order valence-electron chi connectivity index (χ1n) is 6.69. The molecule has 2 atom stereocenters. The Balaban J connectivity index is 2.08. The maximum absolute atomic E-state index is 12.3. The molecular weight excluding hydrogens is 322 g/mol. The Morgan fingerprint density at radius 2 is 1.75 bits per heavy atom. The van der Waals surface area contributed by atoms with E-state index in [0.29, 0.717) is 19.3 Å². The van der Waals surface area contributed by atoms with Crippen molar-refractivity contribution in [2.75, 3.05) is 5.32 Å². The Bertz CT molecular complexity index is 533. The minimum atomic E-state index is -0.795. The van der Waals surface area contributed by atoms with Gasteiger partial charge in [-0.1, -0.05) is 15.9 Å². The van der Waals surface area contributed by atoms with Gasteiger partial charge < -0.3 is 10.4 Å². The summed E-state index contributed by atoms with van der Waals surface area (Å²) in [7, 11) is 0. The average molecular weight is 340 g/mol. The van der Waals surface area contributed by atoms with Crippen molar-refractivity contribution in [2.24, 2.45) is 11.8 Å². The van der Waals surface area contributed by atoms with E-state index in [1.165, 1.54) is 0 Å². The molecular formula is C15H18BrNO3. The Morgan fingerprint density at radius 3 is 2.25 bits per heavy atom. The molecule has 108 valence electrons. The number of halogens is 1. The fourth-order valence-electron chi connectivity index (χ4n) is 2.78. The van der Waals surface area contributed by atoms with Crippen molar-refractivity contribution in [3.05, 3.63) is 27.7 Å². The van der Waals surface area contributed by atoms with Crippen LogP contribution in [-0.2, 0) is 9.59 Å². The van der Waals surface area contributed by atoms with Crippen molar-refractivity contribution in [2.45, 2.75) is 33.1 Å². The minimum absolute atomic E-state index is 0.0673. The number of hydrogen-bond acceptors (Lipinski definition) is 2. The minimum Gasteiger partial charge on any atom is -0.481 e. The van der Waals surface area contributed by atoms with Crippen molar-refractivity contribution in [3.63, 3.8) is 0 Å². The number of nitrogens with one attached hydrogen (secondary N) is 1. The first-order chi connectivity index (χ1) is 9.38. The van der Waals surface area contributed by atoms with E-state index in [9.17, 15) is 9.59 Å². The number of aryl methyl sites for hydroxylation is 2. The van der Waals surface area contributed by atoms with Crippen LogP contribution in [0.15, 0.2) is 16.6 Å². The number of carbonyl (C=O) groups excluding carboxylic acids is 1. The Morgan fingerprint density at radius 1 is 1.20 bits per heavy atom.